The summed E-state index contributed by atoms with van der Waals surface area (Å²) in [7, 11) is 0. The Kier molecular flexibility index (Phi) is 6.97. The molecule has 0 spiro atoms. The Hall–Kier alpha value is -6.26. The first kappa shape index (κ1) is 30.4. The van der Waals surface area contributed by atoms with E-state index in [1.165, 1.54) is 95.5 Å². The Morgan fingerprint density at radius 1 is 0.340 bits per heavy atom. The SMILES string of the molecule is c1ccc(-c2c(N(c3ccc(-c4cccc5sc6ccccc6c45)cc3)c3cccc4c3sc3ccccc34)c3ccccc3c3ccccc23)cc1. The van der Waals surface area contributed by atoms with Gasteiger partial charge in [-0.15, -0.1) is 22.7 Å². The minimum Gasteiger partial charge on any atom is -0.308 e. The monoisotopic (exact) mass is 709 g/mol. The van der Waals surface area contributed by atoms with Crippen LogP contribution in [0.25, 0.3) is 84.1 Å². The first-order valence-corrected chi connectivity index (χ1v) is 19.6. The number of hydrogen-bond acceptors (Lipinski definition) is 3. The summed E-state index contributed by atoms with van der Waals surface area (Å²) in [6.07, 6.45) is 0. The van der Waals surface area contributed by atoms with Gasteiger partial charge >= 0.3 is 0 Å². The third-order valence-corrected chi connectivity index (χ3v) is 13.0. The maximum Gasteiger partial charge on any atom is 0.0640 e. The minimum absolute atomic E-state index is 1.12. The maximum absolute atomic E-state index is 2.54. The zero-order valence-corrected chi connectivity index (χ0v) is 30.3. The van der Waals surface area contributed by atoms with Crippen molar-refractivity contribution in [2.24, 2.45) is 0 Å². The number of benzene rings is 9. The quantitative estimate of drug-likeness (QED) is 0.161. The summed E-state index contributed by atoms with van der Waals surface area (Å²) in [5.74, 6) is 0. The van der Waals surface area contributed by atoms with Crippen molar-refractivity contribution in [2.45, 2.75) is 0 Å². The van der Waals surface area contributed by atoms with E-state index in [1.54, 1.807) is 0 Å². The second-order valence-corrected chi connectivity index (χ2v) is 15.7. The lowest BCUT2D eigenvalue weighted by Crippen LogP contribution is -2.12. The lowest BCUT2D eigenvalue weighted by atomic mass is 9.90. The Bertz CT molecular complexity index is 3170. The zero-order chi connectivity index (χ0) is 34.9. The number of fused-ring (bicyclic) bond motifs is 9. The van der Waals surface area contributed by atoms with E-state index in [2.05, 4.69) is 193 Å². The Balaban J connectivity index is 1.23. The molecule has 0 N–H and O–H groups in total. The van der Waals surface area contributed by atoms with Gasteiger partial charge in [-0.1, -0.05) is 152 Å². The van der Waals surface area contributed by atoms with Crippen LogP contribution < -0.4 is 4.90 Å². The van der Waals surface area contributed by atoms with E-state index in [-0.39, 0.29) is 0 Å². The molecule has 0 bridgehead atoms. The van der Waals surface area contributed by atoms with Crippen molar-refractivity contribution in [3.8, 4) is 22.3 Å². The fourth-order valence-corrected chi connectivity index (χ4v) is 10.7. The van der Waals surface area contributed by atoms with Crippen LogP contribution in [-0.4, -0.2) is 0 Å². The topological polar surface area (TPSA) is 3.24 Å². The van der Waals surface area contributed by atoms with Crippen LogP contribution >= 0.6 is 22.7 Å². The van der Waals surface area contributed by atoms with Gasteiger partial charge in [-0.05, 0) is 69.2 Å². The number of hydrogen-bond donors (Lipinski definition) is 0. The summed E-state index contributed by atoms with van der Waals surface area (Å²) < 4.78 is 5.23. The number of rotatable bonds is 5. The summed E-state index contributed by atoms with van der Waals surface area (Å²) in [4.78, 5) is 2.54. The van der Waals surface area contributed by atoms with Crippen molar-refractivity contribution in [2.75, 3.05) is 4.90 Å². The zero-order valence-electron chi connectivity index (χ0n) is 28.7. The molecule has 3 heteroatoms. The van der Waals surface area contributed by atoms with Crippen LogP contribution in [0.3, 0.4) is 0 Å². The highest BCUT2D eigenvalue weighted by molar-refractivity contribution is 7.26. The lowest BCUT2D eigenvalue weighted by molar-refractivity contribution is 1.32. The average molecular weight is 710 g/mol. The second kappa shape index (κ2) is 12.2. The highest BCUT2D eigenvalue weighted by Crippen LogP contribution is 2.52. The molecular weight excluding hydrogens is 679 g/mol. The summed E-state index contributed by atoms with van der Waals surface area (Å²) in [6, 6.07) is 69.2. The molecule has 0 aliphatic carbocycles. The molecule has 0 aliphatic rings. The molecule has 9 aromatic carbocycles. The molecule has 0 saturated carbocycles. The van der Waals surface area contributed by atoms with Crippen molar-refractivity contribution >= 4 is 102 Å². The van der Waals surface area contributed by atoms with Crippen molar-refractivity contribution in [1.82, 2.24) is 0 Å². The third kappa shape index (κ3) is 4.75. The fraction of sp³-hybridized carbons (Fsp3) is 0. The third-order valence-electron chi connectivity index (χ3n) is 10.7. The van der Waals surface area contributed by atoms with E-state index in [0.29, 0.717) is 0 Å². The van der Waals surface area contributed by atoms with Gasteiger partial charge in [0, 0.05) is 52.3 Å². The molecule has 11 rings (SSSR count). The Morgan fingerprint density at radius 3 is 1.68 bits per heavy atom. The van der Waals surface area contributed by atoms with Gasteiger partial charge in [-0.25, -0.2) is 0 Å². The van der Waals surface area contributed by atoms with Gasteiger partial charge < -0.3 is 4.90 Å². The molecule has 0 unspecified atom stereocenters. The molecule has 0 fully saturated rings. The molecule has 0 radical (unpaired) electrons. The summed E-state index contributed by atoms with van der Waals surface area (Å²) >= 11 is 3.75. The van der Waals surface area contributed by atoms with Crippen LogP contribution in [0.2, 0.25) is 0 Å². The molecular formula is C50H31NS2. The van der Waals surface area contributed by atoms with E-state index in [1.807, 2.05) is 22.7 Å². The van der Waals surface area contributed by atoms with E-state index in [4.69, 9.17) is 0 Å². The number of anilines is 3. The smallest absolute Gasteiger partial charge is 0.0640 e. The van der Waals surface area contributed by atoms with E-state index in [9.17, 15) is 0 Å². The maximum atomic E-state index is 2.54. The average Bonchev–Trinajstić information content (AvgIpc) is 3.81. The van der Waals surface area contributed by atoms with Crippen molar-refractivity contribution in [3.63, 3.8) is 0 Å². The summed E-state index contributed by atoms with van der Waals surface area (Å²) in [5.41, 5.74) is 8.41. The van der Waals surface area contributed by atoms with Gasteiger partial charge in [-0.3, -0.25) is 0 Å². The summed E-state index contributed by atoms with van der Waals surface area (Å²) in [5, 5.41) is 10.2. The van der Waals surface area contributed by atoms with Gasteiger partial charge in [0.1, 0.15) is 0 Å². The normalized spacial score (nSPS) is 11.8. The standard InChI is InChI=1S/C50H31NS2/c1-2-14-33(15-3-1)47-39-19-6-4-16-36(39)37-17-5-7-20-40(37)49(47)51(43-24-12-23-41-38-18-8-10-25-44(38)53-50(41)43)34-30-28-32(29-31-34)35-22-13-27-46-48(35)42-21-9-11-26-45(42)52-46/h1-31H. The molecule has 2 heterocycles. The molecule has 2 aromatic heterocycles. The molecule has 0 saturated heterocycles. The van der Waals surface area contributed by atoms with Crippen LogP contribution in [0.1, 0.15) is 0 Å². The van der Waals surface area contributed by atoms with Crippen molar-refractivity contribution in [1.29, 1.82) is 0 Å². The molecule has 0 aliphatic heterocycles. The lowest BCUT2D eigenvalue weighted by Gasteiger charge is -2.31. The van der Waals surface area contributed by atoms with E-state index < -0.39 is 0 Å². The Labute approximate surface area is 315 Å². The first-order valence-electron chi connectivity index (χ1n) is 18.0. The molecule has 11 aromatic rings. The molecule has 248 valence electrons. The number of thiophene rings is 2. The Morgan fingerprint density at radius 2 is 0.906 bits per heavy atom. The minimum atomic E-state index is 1.12. The van der Waals surface area contributed by atoms with Crippen molar-refractivity contribution in [3.05, 3.63) is 188 Å². The van der Waals surface area contributed by atoms with E-state index in [0.717, 1.165) is 5.69 Å². The summed E-state index contributed by atoms with van der Waals surface area (Å²) in [6.45, 7) is 0. The largest absolute Gasteiger partial charge is 0.308 e. The molecule has 0 atom stereocenters. The van der Waals surface area contributed by atoms with Gasteiger partial charge in [0.15, 0.2) is 0 Å². The van der Waals surface area contributed by atoms with Gasteiger partial charge in [0.05, 0.1) is 16.1 Å². The van der Waals surface area contributed by atoms with Crippen molar-refractivity contribution < 1.29 is 0 Å². The van der Waals surface area contributed by atoms with Crippen LogP contribution in [0.5, 0.6) is 0 Å². The van der Waals surface area contributed by atoms with Gasteiger partial charge in [0.2, 0.25) is 0 Å². The molecule has 1 nitrogen and oxygen atoms in total. The van der Waals surface area contributed by atoms with Crippen LogP contribution in [-0.2, 0) is 0 Å². The van der Waals surface area contributed by atoms with Crippen LogP contribution in [0.4, 0.5) is 17.1 Å². The van der Waals surface area contributed by atoms with Crippen LogP contribution in [0.15, 0.2) is 188 Å². The predicted octanol–water partition coefficient (Wildman–Crippen LogP) is 15.5. The second-order valence-electron chi connectivity index (χ2n) is 13.6. The first-order chi connectivity index (χ1) is 26.3. The fourth-order valence-electron chi connectivity index (χ4n) is 8.35. The molecule has 53 heavy (non-hydrogen) atoms. The highest BCUT2D eigenvalue weighted by atomic mass is 32.1. The number of nitrogens with zero attached hydrogens (tertiary/aromatic N) is 1. The van der Waals surface area contributed by atoms with Crippen LogP contribution in [0, 0.1) is 0 Å². The van der Waals surface area contributed by atoms with E-state index >= 15 is 0 Å². The predicted molar refractivity (Wildman–Crippen MR) is 233 cm³/mol. The van der Waals surface area contributed by atoms with Gasteiger partial charge in [-0.2, -0.15) is 0 Å². The van der Waals surface area contributed by atoms with Gasteiger partial charge in [0.25, 0.3) is 0 Å². The highest BCUT2D eigenvalue weighted by Gasteiger charge is 2.25. The molecule has 0 amide bonds.